The van der Waals surface area contributed by atoms with Gasteiger partial charge in [-0.05, 0) is 31.0 Å². The van der Waals surface area contributed by atoms with Gasteiger partial charge in [0, 0.05) is 24.3 Å². The molecule has 1 saturated heterocycles. The van der Waals surface area contributed by atoms with E-state index in [9.17, 15) is 4.79 Å². The minimum absolute atomic E-state index is 0.364. The molecule has 4 nitrogen and oxygen atoms in total. The summed E-state index contributed by atoms with van der Waals surface area (Å²) in [6.07, 6.45) is 0. The first-order valence-electron chi connectivity index (χ1n) is 5.84. The summed E-state index contributed by atoms with van der Waals surface area (Å²) in [6.45, 7) is 7.22. The average molecular weight is 234 g/mol. The van der Waals surface area contributed by atoms with Gasteiger partial charge in [0.2, 0.25) is 5.91 Å². The fourth-order valence-electron chi connectivity index (χ4n) is 2.38. The Morgan fingerprint density at radius 3 is 2.53 bits per heavy atom. The molecule has 0 aromatic heterocycles. The largest absolute Gasteiger partial charge is 0.378 e. The lowest BCUT2D eigenvalue weighted by Crippen LogP contribution is -2.37. The molecule has 92 valence electrons. The minimum atomic E-state index is -0.364. The number of benzene rings is 1. The zero-order valence-electron chi connectivity index (χ0n) is 10.3. The number of hydrogen-bond acceptors (Lipinski definition) is 3. The van der Waals surface area contributed by atoms with E-state index in [1.807, 2.05) is 13.0 Å². The fraction of sp³-hybridized carbons (Fsp3) is 0.462. The Hall–Kier alpha value is -1.55. The van der Waals surface area contributed by atoms with Crippen LogP contribution in [0.15, 0.2) is 12.1 Å². The van der Waals surface area contributed by atoms with Crippen molar-refractivity contribution in [2.24, 2.45) is 5.73 Å². The molecule has 1 aliphatic heterocycles. The predicted octanol–water partition coefficient (Wildman–Crippen LogP) is 1.24. The first-order valence-corrected chi connectivity index (χ1v) is 5.84. The van der Waals surface area contributed by atoms with E-state index in [1.165, 1.54) is 5.56 Å². The van der Waals surface area contributed by atoms with E-state index in [4.69, 9.17) is 10.5 Å². The van der Waals surface area contributed by atoms with Crippen LogP contribution in [0.2, 0.25) is 0 Å². The van der Waals surface area contributed by atoms with Gasteiger partial charge in [0.05, 0.1) is 13.2 Å². The molecule has 0 saturated carbocycles. The number of anilines is 1. The van der Waals surface area contributed by atoms with Crippen molar-refractivity contribution in [2.45, 2.75) is 13.8 Å². The van der Waals surface area contributed by atoms with Gasteiger partial charge >= 0.3 is 0 Å². The predicted molar refractivity (Wildman–Crippen MR) is 67.5 cm³/mol. The number of aryl methyl sites for hydroxylation is 1. The molecule has 0 bridgehead atoms. The lowest BCUT2D eigenvalue weighted by Gasteiger charge is -2.32. The molecule has 2 N–H and O–H groups in total. The smallest absolute Gasteiger partial charge is 0.249 e. The third-order valence-electron chi connectivity index (χ3n) is 3.23. The first-order chi connectivity index (χ1) is 8.11. The summed E-state index contributed by atoms with van der Waals surface area (Å²) in [6, 6.07) is 3.76. The van der Waals surface area contributed by atoms with Crippen molar-refractivity contribution in [1.82, 2.24) is 0 Å². The Labute approximate surface area is 101 Å². The van der Waals surface area contributed by atoms with Gasteiger partial charge in [-0.25, -0.2) is 0 Å². The van der Waals surface area contributed by atoms with E-state index in [2.05, 4.69) is 11.8 Å². The van der Waals surface area contributed by atoms with Crippen molar-refractivity contribution in [3.8, 4) is 0 Å². The van der Waals surface area contributed by atoms with Crippen molar-refractivity contribution < 1.29 is 9.53 Å². The maximum absolute atomic E-state index is 11.3. The Kier molecular flexibility index (Phi) is 3.33. The van der Waals surface area contributed by atoms with Gasteiger partial charge in [-0.2, -0.15) is 0 Å². The molecule has 0 unspecified atom stereocenters. The SMILES string of the molecule is Cc1ccc(C(N)=O)c(C)c1N1CCOCC1. The molecule has 0 aliphatic carbocycles. The van der Waals surface area contributed by atoms with Crippen molar-refractivity contribution in [3.05, 3.63) is 28.8 Å². The second-order valence-electron chi connectivity index (χ2n) is 4.37. The summed E-state index contributed by atoms with van der Waals surface area (Å²) in [7, 11) is 0. The average Bonchev–Trinajstić information content (AvgIpc) is 2.30. The highest BCUT2D eigenvalue weighted by Gasteiger charge is 2.18. The molecule has 1 aliphatic rings. The van der Waals surface area contributed by atoms with E-state index in [-0.39, 0.29) is 5.91 Å². The summed E-state index contributed by atoms with van der Waals surface area (Å²) in [5, 5.41) is 0. The summed E-state index contributed by atoms with van der Waals surface area (Å²) >= 11 is 0. The number of hydrogen-bond donors (Lipinski definition) is 1. The molecule has 1 heterocycles. The molecule has 4 heteroatoms. The molecule has 1 amide bonds. The van der Waals surface area contributed by atoms with E-state index in [0.29, 0.717) is 5.56 Å². The Bertz CT molecular complexity index is 437. The van der Waals surface area contributed by atoms with Crippen LogP contribution in [0.3, 0.4) is 0 Å². The summed E-state index contributed by atoms with van der Waals surface area (Å²) in [5.74, 6) is -0.364. The van der Waals surface area contributed by atoms with Crippen molar-refractivity contribution in [2.75, 3.05) is 31.2 Å². The van der Waals surface area contributed by atoms with Gasteiger partial charge in [-0.1, -0.05) is 6.07 Å². The van der Waals surface area contributed by atoms with Crippen LogP contribution in [0.4, 0.5) is 5.69 Å². The number of amides is 1. The van der Waals surface area contributed by atoms with Crippen LogP contribution in [-0.2, 0) is 4.74 Å². The topological polar surface area (TPSA) is 55.6 Å². The monoisotopic (exact) mass is 234 g/mol. The molecule has 1 fully saturated rings. The van der Waals surface area contributed by atoms with Gasteiger partial charge in [-0.15, -0.1) is 0 Å². The zero-order valence-corrected chi connectivity index (χ0v) is 10.3. The molecular weight excluding hydrogens is 216 g/mol. The molecule has 1 aromatic carbocycles. The number of ether oxygens (including phenoxy) is 1. The third kappa shape index (κ3) is 2.26. The van der Waals surface area contributed by atoms with Crippen LogP contribution in [0, 0.1) is 13.8 Å². The van der Waals surface area contributed by atoms with Gasteiger partial charge in [0.25, 0.3) is 0 Å². The normalized spacial score (nSPS) is 16.0. The zero-order chi connectivity index (χ0) is 12.4. The van der Waals surface area contributed by atoms with Gasteiger partial charge in [0.15, 0.2) is 0 Å². The number of morpholine rings is 1. The summed E-state index contributed by atoms with van der Waals surface area (Å²) in [5.41, 5.74) is 9.27. The van der Waals surface area contributed by atoms with E-state index >= 15 is 0 Å². The molecule has 0 radical (unpaired) electrons. The van der Waals surface area contributed by atoms with Gasteiger partial charge in [0.1, 0.15) is 0 Å². The molecule has 0 spiro atoms. The minimum Gasteiger partial charge on any atom is -0.378 e. The van der Waals surface area contributed by atoms with Crippen LogP contribution < -0.4 is 10.6 Å². The van der Waals surface area contributed by atoms with E-state index in [0.717, 1.165) is 37.6 Å². The van der Waals surface area contributed by atoms with Crippen LogP contribution in [0.5, 0.6) is 0 Å². The maximum Gasteiger partial charge on any atom is 0.249 e. The maximum atomic E-state index is 11.3. The van der Waals surface area contributed by atoms with Crippen LogP contribution in [0.1, 0.15) is 21.5 Å². The van der Waals surface area contributed by atoms with Gasteiger partial charge in [-0.3, -0.25) is 4.79 Å². The van der Waals surface area contributed by atoms with Gasteiger partial charge < -0.3 is 15.4 Å². The molecular formula is C13H18N2O2. The highest BCUT2D eigenvalue weighted by Crippen LogP contribution is 2.28. The lowest BCUT2D eigenvalue weighted by molar-refractivity contribution is 0.0999. The number of primary amides is 1. The lowest BCUT2D eigenvalue weighted by atomic mass is 10.0. The number of carbonyl (C=O) groups excluding carboxylic acids is 1. The second kappa shape index (κ2) is 4.75. The number of nitrogens with two attached hydrogens (primary N) is 1. The highest BCUT2D eigenvalue weighted by atomic mass is 16.5. The quantitative estimate of drug-likeness (QED) is 0.837. The van der Waals surface area contributed by atoms with Crippen LogP contribution >= 0.6 is 0 Å². The first kappa shape index (κ1) is 11.9. The molecule has 17 heavy (non-hydrogen) atoms. The number of carbonyl (C=O) groups is 1. The van der Waals surface area contributed by atoms with Crippen molar-refractivity contribution in [1.29, 1.82) is 0 Å². The number of rotatable bonds is 2. The Morgan fingerprint density at radius 2 is 1.94 bits per heavy atom. The Morgan fingerprint density at radius 1 is 1.29 bits per heavy atom. The van der Waals surface area contributed by atoms with Crippen molar-refractivity contribution in [3.63, 3.8) is 0 Å². The highest BCUT2D eigenvalue weighted by molar-refractivity contribution is 5.96. The van der Waals surface area contributed by atoms with Crippen molar-refractivity contribution >= 4 is 11.6 Å². The Balaban J connectivity index is 2.43. The van der Waals surface area contributed by atoms with Crippen LogP contribution in [0.25, 0.3) is 0 Å². The second-order valence-corrected chi connectivity index (χ2v) is 4.37. The standard InChI is InChI=1S/C13H18N2O2/c1-9-3-4-11(13(14)16)10(2)12(9)15-5-7-17-8-6-15/h3-4H,5-8H2,1-2H3,(H2,14,16). The third-order valence-corrected chi connectivity index (χ3v) is 3.23. The van der Waals surface area contributed by atoms with Crippen LogP contribution in [-0.4, -0.2) is 32.2 Å². The molecule has 2 rings (SSSR count). The van der Waals surface area contributed by atoms with E-state index < -0.39 is 0 Å². The number of nitrogens with zero attached hydrogens (tertiary/aromatic N) is 1. The summed E-state index contributed by atoms with van der Waals surface area (Å²) in [4.78, 5) is 13.6. The summed E-state index contributed by atoms with van der Waals surface area (Å²) < 4.78 is 5.35. The fourth-order valence-corrected chi connectivity index (χ4v) is 2.38. The van der Waals surface area contributed by atoms with E-state index in [1.54, 1.807) is 6.07 Å². The molecule has 1 aromatic rings. The molecule has 0 atom stereocenters.